The minimum absolute atomic E-state index is 0.503. The molecule has 1 heterocycles. The summed E-state index contributed by atoms with van der Waals surface area (Å²) in [5.41, 5.74) is 0. The number of aliphatic imine (C=N–C) groups is 1. The van der Waals surface area contributed by atoms with Crippen molar-refractivity contribution < 1.29 is 9.28 Å². The molecule has 218 valence electrons. The molecule has 1 unspecified atom stereocenters. The van der Waals surface area contributed by atoms with Crippen LogP contribution in [-0.2, 0) is 4.79 Å². The second kappa shape index (κ2) is 24.3. The lowest BCUT2D eigenvalue weighted by Gasteiger charge is -2.35. The summed E-state index contributed by atoms with van der Waals surface area (Å²) < 4.78 is 1.05. The van der Waals surface area contributed by atoms with Crippen LogP contribution in [0.25, 0.3) is 0 Å². The Kier molecular flexibility index (Phi) is 22.6. The van der Waals surface area contributed by atoms with E-state index < -0.39 is 0 Å². The molecule has 1 rings (SSSR count). The zero-order valence-electron chi connectivity index (χ0n) is 25.8. The van der Waals surface area contributed by atoms with Crippen LogP contribution in [0.1, 0.15) is 181 Å². The molecule has 0 aromatic heterocycles. The maximum absolute atomic E-state index is 12.8. The fraction of sp³-hybridized carbons (Fsp3) is 0.941. The number of amidine groups is 1. The number of rotatable bonds is 28. The third-order valence-corrected chi connectivity index (χ3v) is 8.69. The van der Waals surface area contributed by atoms with Crippen molar-refractivity contribution in [3.63, 3.8) is 0 Å². The molecule has 37 heavy (non-hydrogen) atoms. The van der Waals surface area contributed by atoms with Gasteiger partial charge in [0, 0.05) is 12.8 Å². The van der Waals surface area contributed by atoms with E-state index >= 15 is 0 Å². The average Bonchev–Trinajstić information content (AvgIpc) is 3.30. The number of nitrogens with zero attached hydrogens (tertiary/aromatic N) is 2. The summed E-state index contributed by atoms with van der Waals surface area (Å²) >= 11 is 0. The molecule has 0 N–H and O–H groups in total. The lowest BCUT2D eigenvalue weighted by molar-refractivity contribution is -0.836. The molecule has 0 spiro atoms. The minimum atomic E-state index is 0.503. The number of Topliss-reactive ketones (excluding diaryl/α,β-unsaturated/α-hetero) is 1. The first kappa shape index (κ1) is 34.3. The van der Waals surface area contributed by atoms with Gasteiger partial charge in [0.1, 0.15) is 12.3 Å². The third-order valence-electron chi connectivity index (χ3n) is 8.69. The monoisotopic (exact) mass is 520 g/mol. The Hall–Kier alpha value is -0.700. The Labute approximate surface area is 233 Å². The van der Waals surface area contributed by atoms with Gasteiger partial charge in [-0.25, -0.2) is 4.99 Å². The van der Waals surface area contributed by atoms with E-state index in [0.29, 0.717) is 5.78 Å². The van der Waals surface area contributed by atoms with Gasteiger partial charge in [0.05, 0.1) is 26.1 Å². The lowest BCUT2D eigenvalue weighted by atomic mass is 10.0. The van der Waals surface area contributed by atoms with Crippen molar-refractivity contribution in [1.29, 1.82) is 0 Å². The molecule has 0 fully saturated rings. The van der Waals surface area contributed by atoms with Crippen LogP contribution in [-0.4, -0.2) is 42.3 Å². The van der Waals surface area contributed by atoms with Crippen LogP contribution in [0.3, 0.4) is 0 Å². The zero-order valence-corrected chi connectivity index (χ0v) is 25.8. The first-order chi connectivity index (χ1) is 18.2. The van der Waals surface area contributed by atoms with Crippen LogP contribution in [0.2, 0.25) is 0 Å². The third kappa shape index (κ3) is 17.5. The topological polar surface area (TPSA) is 29.4 Å². The number of unbranched alkanes of at least 4 members (excludes halogenated alkanes) is 19. The van der Waals surface area contributed by atoms with E-state index in [9.17, 15) is 4.79 Å². The van der Waals surface area contributed by atoms with Crippen LogP contribution in [0.5, 0.6) is 0 Å². The molecule has 0 bridgehead atoms. The highest BCUT2D eigenvalue weighted by molar-refractivity contribution is 5.80. The van der Waals surface area contributed by atoms with Crippen LogP contribution >= 0.6 is 0 Å². The SMILES string of the molecule is CCCCCCCCCCCC(=O)CC[N+]1(CCCCCC)CCN=C1CCCCCCCCCCC. The molecule has 3 nitrogen and oxygen atoms in total. The number of carbonyl (C=O) groups excluding carboxylic acids is 1. The standard InChI is InChI=1S/C34H67N2O/c1-4-7-10-13-15-17-19-21-23-26-33(37)28-31-36(30-25-12-9-6-3)32-29-35-34(36)27-24-22-20-18-16-14-11-8-5-2/h4-32H2,1-3H3/q+1. The lowest BCUT2D eigenvalue weighted by Crippen LogP contribution is -2.52. The fourth-order valence-electron chi connectivity index (χ4n) is 6.09. The second-order valence-electron chi connectivity index (χ2n) is 12.1. The molecule has 0 aliphatic carbocycles. The number of hydrogen-bond donors (Lipinski definition) is 0. The first-order valence-electron chi connectivity index (χ1n) is 17.1. The highest BCUT2D eigenvalue weighted by Gasteiger charge is 2.37. The van der Waals surface area contributed by atoms with Gasteiger partial charge in [-0.05, 0) is 25.7 Å². The summed E-state index contributed by atoms with van der Waals surface area (Å²) in [6.07, 6.45) is 32.3. The number of carbonyl (C=O) groups is 1. The van der Waals surface area contributed by atoms with E-state index in [1.54, 1.807) is 0 Å². The largest absolute Gasteiger partial charge is 0.299 e. The maximum atomic E-state index is 12.8. The van der Waals surface area contributed by atoms with E-state index in [-0.39, 0.29) is 0 Å². The van der Waals surface area contributed by atoms with Gasteiger partial charge in [-0.1, -0.05) is 136 Å². The van der Waals surface area contributed by atoms with Crippen molar-refractivity contribution >= 4 is 11.6 Å². The molecule has 0 radical (unpaired) electrons. The quantitative estimate of drug-likeness (QED) is 0.0746. The molecule has 0 amide bonds. The van der Waals surface area contributed by atoms with Gasteiger partial charge >= 0.3 is 0 Å². The van der Waals surface area contributed by atoms with Gasteiger partial charge in [0.2, 0.25) is 0 Å². The maximum Gasteiger partial charge on any atom is 0.198 e. The average molecular weight is 520 g/mol. The summed E-state index contributed by atoms with van der Waals surface area (Å²) in [4.78, 5) is 17.8. The second-order valence-corrected chi connectivity index (χ2v) is 12.1. The van der Waals surface area contributed by atoms with Gasteiger partial charge in [0.25, 0.3) is 0 Å². The smallest absolute Gasteiger partial charge is 0.198 e. The van der Waals surface area contributed by atoms with Crippen molar-refractivity contribution in [2.75, 3.05) is 26.2 Å². The van der Waals surface area contributed by atoms with E-state index in [1.807, 2.05) is 0 Å². The zero-order chi connectivity index (χ0) is 26.9. The Morgan fingerprint density at radius 1 is 0.568 bits per heavy atom. The van der Waals surface area contributed by atoms with Crippen LogP contribution in [0.15, 0.2) is 4.99 Å². The Balaban J connectivity index is 2.34. The van der Waals surface area contributed by atoms with Gasteiger partial charge in [-0.3, -0.25) is 9.28 Å². The van der Waals surface area contributed by atoms with Crippen molar-refractivity contribution in [3.05, 3.63) is 0 Å². The summed E-state index contributed by atoms with van der Waals surface area (Å²) in [5, 5.41) is 0. The molecule has 0 saturated carbocycles. The van der Waals surface area contributed by atoms with Gasteiger partial charge in [0.15, 0.2) is 5.84 Å². The van der Waals surface area contributed by atoms with E-state index in [1.165, 1.54) is 147 Å². The van der Waals surface area contributed by atoms with Gasteiger partial charge in [-0.2, -0.15) is 0 Å². The van der Waals surface area contributed by atoms with Crippen LogP contribution in [0.4, 0.5) is 0 Å². The molecule has 1 aliphatic heterocycles. The normalized spacial score (nSPS) is 17.4. The Bertz CT molecular complexity index is 558. The number of quaternary nitrogens is 1. The van der Waals surface area contributed by atoms with Crippen LogP contribution < -0.4 is 0 Å². The molecule has 0 aromatic carbocycles. The highest BCUT2D eigenvalue weighted by Crippen LogP contribution is 2.24. The molecule has 0 saturated heterocycles. The number of ketones is 1. The minimum Gasteiger partial charge on any atom is -0.299 e. The van der Waals surface area contributed by atoms with Crippen molar-refractivity contribution in [2.24, 2.45) is 4.99 Å². The highest BCUT2D eigenvalue weighted by atomic mass is 16.1. The van der Waals surface area contributed by atoms with Crippen molar-refractivity contribution in [3.8, 4) is 0 Å². The summed E-state index contributed by atoms with van der Waals surface area (Å²) in [5.74, 6) is 1.94. The van der Waals surface area contributed by atoms with Crippen molar-refractivity contribution in [2.45, 2.75) is 181 Å². The molecule has 1 atom stereocenters. The van der Waals surface area contributed by atoms with Crippen LogP contribution in [0, 0.1) is 0 Å². The summed E-state index contributed by atoms with van der Waals surface area (Å²) in [7, 11) is 0. The first-order valence-corrected chi connectivity index (χ1v) is 17.1. The van der Waals surface area contributed by atoms with Gasteiger partial charge in [-0.15, -0.1) is 0 Å². The number of hydrogen-bond acceptors (Lipinski definition) is 2. The predicted molar refractivity (Wildman–Crippen MR) is 165 cm³/mol. The molecule has 1 aliphatic rings. The molecular formula is C34H67N2O+. The Morgan fingerprint density at radius 2 is 1.03 bits per heavy atom. The Morgan fingerprint density at radius 3 is 1.57 bits per heavy atom. The molecular weight excluding hydrogens is 452 g/mol. The summed E-state index contributed by atoms with van der Waals surface area (Å²) in [6.45, 7) is 11.2. The van der Waals surface area contributed by atoms with E-state index in [0.717, 1.165) is 49.8 Å². The summed E-state index contributed by atoms with van der Waals surface area (Å²) in [6, 6.07) is 0. The predicted octanol–water partition coefficient (Wildman–Crippen LogP) is 10.6. The van der Waals surface area contributed by atoms with Gasteiger partial charge < -0.3 is 0 Å². The fourth-order valence-corrected chi connectivity index (χ4v) is 6.09. The molecule has 0 aromatic rings. The van der Waals surface area contributed by atoms with E-state index in [2.05, 4.69) is 20.8 Å². The van der Waals surface area contributed by atoms with E-state index in [4.69, 9.17) is 4.99 Å². The molecule has 3 heteroatoms. The van der Waals surface area contributed by atoms with Crippen molar-refractivity contribution in [1.82, 2.24) is 0 Å².